The van der Waals surface area contributed by atoms with Gasteiger partial charge in [0.1, 0.15) is 6.04 Å². The van der Waals surface area contributed by atoms with Gasteiger partial charge in [-0.1, -0.05) is 6.92 Å². The first-order valence-corrected chi connectivity index (χ1v) is 13.2. The number of aliphatic hydroxyl groups is 1. The molecule has 186 valence electrons. The molecule has 1 aromatic carbocycles. The van der Waals surface area contributed by atoms with E-state index in [1.807, 2.05) is 31.2 Å². The van der Waals surface area contributed by atoms with E-state index in [9.17, 15) is 19.5 Å². The van der Waals surface area contributed by atoms with Crippen LogP contribution in [0.3, 0.4) is 0 Å². The molecule has 6 atom stereocenters. The van der Waals surface area contributed by atoms with Gasteiger partial charge in [0.2, 0.25) is 17.7 Å². The molecule has 2 bridgehead atoms. The van der Waals surface area contributed by atoms with Gasteiger partial charge >= 0.3 is 0 Å². The van der Waals surface area contributed by atoms with Crippen LogP contribution in [0, 0.1) is 11.8 Å². The number of likely N-dealkylation sites (tertiary alicyclic amines) is 1. The van der Waals surface area contributed by atoms with Gasteiger partial charge < -0.3 is 25.5 Å². The number of carbonyl (C=O) groups is 3. The summed E-state index contributed by atoms with van der Waals surface area (Å²) in [5, 5.41) is 15.9. The molecule has 0 radical (unpaired) electrons. The van der Waals surface area contributed by atoms with E-state index in [0.29, 0.717) is 18.5 Å². The van der Waals surface area contributed by atoms with Crippen molar-refractivity contribution in [1.82, 2.24) is 10.2 Å². The number of nitrogens with zero attached hydrogens (tertiary/aromatic N) is 2. The highest BCUT2D eigenvalue weighted by molar-refractivity contribution is 8.02. The fourth-order valence-corrected chi connectivity index (χ4v) is 8.43. The van der Waals surface area contributed by atoms with Crippen LogP contribution in [-0.4, -0.2) is 76.6 Å². The molecular weight excluding hydrogens is 452 g/mol. The van der Waals surface area contributed by atoms with Crippen LogP contribution in [0.25, 0.3) is 0 Å². The van der Waals surface area contributed by atoms with E-state index >= 15 is 0 Å². The van der Waals surface area contributed by atoms with Gasteiger partial charge in [-0.15, -0.1) is 11.8 Å². The number of hydrogen-bond donors (Lipinski definition) is 3. The standard InChI is InChI=1S/C25H36N4O4S/c1-5-16(14-30)29-21(23(32)27-15-8-10-17(11-9-15)28(6-2)7-3)25-13-12-18(34-25)19(22(31)26-4)20(25)24(29)33/h8-11,16,18-21,30H,5-7,12-14H2,1-4H3,(H,26,31)(H,27,32)/t16-,18-,19+,20-,21?,25?/m0/s1. The van der Waals surface area contributed by atoms with Crippen molar-refractivity contribution in [3.8, 4) is 0 Å². The molecule has 3 heterocycles. The molecule has 0 saturated carbocycles. The Bertz CT molecular complexity index is 933. The maximum absolute atomic E-state index is 13.8. The first-order chi connectivity index (χ1) is 16.4. The quantitative estimate of drug-likeness (QED) is 0.492. The largest absolute Gasteiger partial charge is 0.394 e. The molecule has 3 aliphatic rings. The summed E-state index contributed by atoms with van der Waals surface area (Å²) in [5.41, 5.74) is 1.76. The number of fused-ring (bicyclic) bond motifs is 1. The van der Waals surface area contributed by atoms with Gasteiger partial charge in [-0.3, -0.25) is 14.4 Å². The minimum atomic E-state index is -0.728. The Morgan fingerprint density at radius 3 is 2.44 bits per heavy atom. The zero-order valence-corrected chi connectivity index (χ0v) is 21.2. The molecule has 0 aliphatic carbocycles. The molecule has 34 heavy (non-hydrogen) atoms. The Morgan fingerprint density at radius 2 is 1.88 bits per heavy atom. The van der Waals surface area contributed by atoms with Crippen LogP contribution in [-0.2, 0) is 14.4 Å². The second-order valence-electron chi connectivity index (χ2n) is 9.37. The van der Waals surface area contributed by atoms with Gasteiger partial charge in [-0.05, 0) is 57.4 Å². The fourth-order valence-electron chi connectivity index (χ4n) is 6.22. The number of carbonyl (C=O) groups excluding carboxylic acids is 3. The second kappa shape index (κ2) is 9.77. The van der Waals surface area contributed by atoms with Crippen LogP contribution in [0.1, 0.15) is 40.0 Å². The molecule has 1 aromatic rings. The summed E-state index contributed by atoms with van der Waals surface area (Å²) in [4.78, 5) is 44.1. The van der Waals surface area contributed by atoms with Crippen LogP contribution in [0.2, 0.25) is 0 Å². The highest BCUT2D eigenvalue weighted by Crippen LogP contribution is 2.66. The van der Waals surface area contributed by atoms with E-state index < -0.39 is 28.7 Å². The van der Waals surface area contributed by atoms with Crippen molar-refractivity contribution in [2.75, 3.05) is 37.0 Å². The summed E-state index contributed by atoms with van der Waals surface area (Å²) in [6.45, 7) is 7.69. The van der Waals surface area contributed by atoms with Gasteiger partial charge in [-0.2, -0.15) is 0 Å². The van der Waals surface area contributed by atoms with E-state index in [1.165, 1.54) is 0 Å². The Morgan fingerprint density at radius 1 is 1.21 bits per heavy atom. The summed E-state index contributed by atoms with van der Waals surface area (Å²) >= 11 is 1.63. The smallest absolute Gasteiger partial charge is 0.248 e. The first kappa shape index (κ1) is 24.9. The molecule has 1 spiro atoms. The van der Waals surface area contributed by atoms with E-state index in [2.05, 4.69) is 29.4 Å². The lowest BCUT2D eigenvalue weighted by Gasteiger charge is -2.36. The molecule has 3 aliphatic heterocycles. The number of aliphatic hydroxyl groups excluding tert-OH is 1. The Balaban J connectivity index is 1.66. The molecule has 3 amide bonds. The maximum Gasteiger partial charge on any atom is 0.248 e. The fraction of sp³-hybridized carbons (Fsp3) is 0.640. The Hall–Kier alpha value is -2.26. The third kappa shape index (κ3) is 3.77. The minimum Gasteiger partial charge on any atom is -0.394 e. The predicted molar refractivity (Wildman–Crippen MR) is 135 cm³/mol. The highest BCUT2D eigenvalue weighted by atomic mass is 32.2. The van der Waals surface area contributed by atoms with Crippen LogP contribution in [0.15, 0.2) is 24.3 Å². The molecule has 2 unspecified atom stereocenters. The monoisotopic (exact) mass is 488 g/mol. The van der Waals surface area contributed by atoms with Crippen LogP contribution in [0.5, 0.6) is 0 Å². The summed E-state index contributed by atoms with van der Waals surface area (Å²) in [5.74, 6) is -1.55. The van der Waals surface area contributed by atoms with Gasteiger partial charge in [0.15, 0.2) is 0 Å². The van der Waals surface area contributed by atoms with E-state index in [-0.39, 0.29) is 29.6 Å². The molecule has 4 rings (SSSR count). The lowest BCUT2D eigenvalue weighted by Crippen LogP contribution is -2.54. The van der Waals surface area contributed by atoms with Gasteiger partial charge in [0, 0.05) is 36.8 Å². The second-order valence-corrected chi connectivity index (χ2v) is 11.0. The molecule has 8 nitrogen and oxygen atoms in total. The normalized spacial score (nSPS) is 30.3. The van der Waals surface area contributed by atoms with Crippen LogP contribution in [0.4, 0.5) is 11.4 Å². The molecule has 3 saturated heterocycles. The van der Waals surface area contributed by atoms with Crippen molar-refractivity contribution < 1.29 is 19.5 Å². The maximum atomic E-state index is 13.8. The van der Waals surface area contributed by atoms with Crippen molar-refractivity contribution >= 4 is 40.9 Å². The number of nitrogens with one attached hydrogen (secondary N) is 2. The summed E-state index contributed by atoms with van der Waals surface area (Å²) in [6.07, 6.45) is 2.05. The van der Waals surface area contributed by atoms with Crippen molar-refractivity contribution in [2.24, 2.45) is 11.8 Å². The van der Waals surface area contributed by atoms with Gasteiger partial charge in [0.25, 0.3) is 0 Å². The SMILES string of the molecule is CC[C@@H](CO)N1C(=O)[C@@H]2[C@H](C(=O)NC)[C@@H]3CCC2(S3)C1C(=O)Nc1ccc(N(CC)CC)cc1. The molecule has 3 N–H and O–H groups in total. The van der Waals surface area contributed by atoms with Gasteiger partial charge in [0.05, 0.1) is 29.2 Å². The Kier molecular flexibility index (Phi) is 7.14. The lowest BCUT2D eigenvalue weighted by molar-refractivity contribution is -0.142. The average Bonchev–Trinajstić information content (AvgIpc) is 3.49. The molecule has 0 aromatic heterocycles. The molecule has 9 heteroatoms. The van der Waals surface area contributed by atoms with Crippen molar-refractivity contribution in [2.45, 2.75) is 62.1 Å². The zero-order valence-electron chi connectivity index (χ0n) is 20.4. The topological polar surface area (TPSA) is 102 Å². The number of anilines is 2. The third-order valence-electron chi connectivity index (χ3n) is 7.87. The van der Waals surface area contributed by atoms with E-state index in [1.54, 1.807) is 23.7 Å². The number of amides is 3. The van der Waals surface area contributed by atoms with E-state index in [0.717, 1.165) is 25.2 Å². The highest BCUT2D eigenvalue weighted by Gasteiger charge is 2.74. The number of hydrogen-bond acceptors (Lipinski definition) is 6. The number of thioether (sulfide) groups is 1. The summed E-state index contributed by atoms with van der Waals surface area (Å²) < 4.78 is -0.646. The lowest BCUT2D eigenvalue weighted by atomic mass is 9.70. The summed E-state index contributed by atoms with van der Waals surface area (Å²) in [7, 11) is 1.59. The first-order valence-electron chi connectivity index (χ1n) is 12.3. The summed E-state index contributed by atoms with van der Waals surface area (Å²) in [6, 6.07) is 6.56. The van der Waals surface area contributed by atoms with Crippen molar-refractivity contribution in [1.29, 1.82) is 0 Å². The molecule has 3 fully saturated rings. The Labute approximate surface area is 205 Å². The van der Waals surface area contributed by atoms with Crippen molar-refractivity contribution in [3.63, 3.8) is 0 Å². The third-order valence-corrected chi connectivity index (χ3v) is 9.83. The van der Waals surface area contributed by atoms with Crippen LogP contribution < -0.4 is 15.5 Å². The van der Waals surface area contributed by atoms with Gasteiger partial charge in [-0.25, -0.2) is 0 Å². The minimum absolute atomic E-state index is 0.0360. The zero-order chi connectivity index (χ0) is 24.6. The number of rotatable bonds is 9. The van der Waals surface area contributed by atoms with E-state index in [4.69, 9.17) is 0 Å². The van der Waals surface area contributed by atoms with Crippen molar-refractivity contribution in [3.05, 3.63) is 24.3 Å². The number of benzene rings is 1. The average molecular weight is 489 g/mol. The predicted octanol–water partition coefficient (Wildman–Crippen LogP) is 2.08. The van der Waals surface area contributed by atoms with Crippen LogP contribution >= 0.6 is 11.8 Å². The molecular formula is C25H36N4O4S.